The summed E-state index contributed by atoms with van der Waals surface area (Å²) in [5.41, 5.74) is 7.51. The molecule has 13 aromatic rings. The molecule has 0 spiro atoms. The van der Waals surface area contributed by atoms with Crippen LogP contribution in [0.3, 0.4) is 0 Å². The molecule has 3 aromatic heterocycles. The molecule has 0 N–H and O–H groups in total. The summed E-state index contributed by atoms with van der Waals surface area (Å²) in [5.74, 6) is 1.83. The molecule has 3 heterocycles. The second kappa shape index (κ2) is 12.7. The van der Waals surface area contributed by atoms with Crippen LogP contribution in [0.1, 0.15) is 0 Å². The predicted molar refractivity (Wildman–Crippen MR) is 249 cm³/mol. The van der Waals surface area contributed by atoms with E-state index in [0.29, 0.717) is 17.6 Å². The van der Waals surface area contributed by atoms with E-state index in [1.165, 1.54) is 59.5 Å². The Labute approximate surface area is 344 Å². The van der Waals surface area contributed by atoms with Gasteiger partial charge in [-0.1, -0.05) is 176 Å². The molecule has 0 aliphatic rings. The van der Waals surface area contributed by atoms with Gasteiger partial charge in [0.05, 0.1) is 22.1 Å². The van der Waals surface area contributed by atoms with Crippen LogP contribution < -0.4 is 0 Å². The first-order valence-electron chi connectivity index (χ1n) is 20.4. The van der Waals surface area contributed by atoms with Crippen LogP contribution in [0.5, 0.6) is 0 Å². The fourth-order valence-electron chi connectivity index (χ4n) is 9.87. The van der Waals surface area contributed by atoms with Crippen molar-refractivity contribution in [3.63, 3.8) is 0 Å². The fraction of sp³-hybridized carbons (Fsp3) is 0. The minimum atomic E-state index is 0.575. The largest absolute Gasteiger partial charge is 0.309 e. The zero-order valence-corrected chi connectivity index (χ0v) is 32.3. The third kappa shape index (κ3) is 4.60. The van der Waals surface area contributed by atoms with Gasteiger partial charge in [0.25, 0.3) is 0 Å². The van der Waals surface area contributed by atoms with E-state index in [4.69, 9.17) is 15.0 Å². The molecule has 278 valence electrons. The average Bonchev–Trinajstić information content (AvgIpc) is 3.86. The topological polar surface area (TPSA) is 48.5 Å². The molecule has 0 saturated carbocycles. The maximum Gasteiger partial charge on any atom is 0.238 e. The van der Waals surface area contributed by atoms with Gasteiger partial charge in [0.1, 0.15) is 0 Å². The summed E-state index contributed by atoms with van der Waals surface area (Å²) in [6.45, 7) is 0. The number of aromatic nitrogens is 5. The monoisotopic (exact) mass is 763 g/mol. The van der Waals surface area contributed by atoms with Crippen molar-refractivity contribution in [1.82, 2.24) is 24.1 Å². The van der Waals surface area contributed by atoms with Gasteiger partial charge in [-0.25, -0.2) is 4.98 Å². The molecule has 0 aliphatic carbocycles. The molecule has 0 saturated heterocycles. The number of fused-ring (bicyclic) bond motifs is 16. The fourth-order valence-corrected chi connectivity index (χ4v) is 9.87. The van der Waals surface area contributed by atoms with Crippen molar-refractivity contribution in [2.45, 2.75) is 0 Å². The van der Waals surface area contributed by atoms with Gasteiger partial charge in [0.2, 0.25) is 5.95 Å². The summed E-state index contributed by atoms with van der Waals surface area (Å²) < 4.78 is 4.77. The molecule has 0 unspecified atom stereocenters. The number of para-hydroxylation sites is 3. The predicted octanol–water partition coefficient (Wildman–Crippen LogP) is 14.0. The summed E-state index contributed by atoms with van der Waals surface area (Å²) in [5, 5.41) is 14.2. The molecule has 10 aromatic carbocycles. The SMILES string of the molecule is c1ccc(-c2nc(-c3cccc4ccccc34)nc(-n3c4ccccc4c4c5ccccc5c5c6c7ccccc7n(-c7ccccc7)c6c6ccccc6c5c43)n2)cc1. The molecule has 13 rings (SSSR count). The lowest BCUT2D eigenvalue weighted by Gasteiger charge is -2.17. The quantitative estimate of drug-likeness (QED) is 0.168. The Morgan fingerprint density at radius 3 is 1.53 bits per heavy atom. The first-order chi connectivity index (χ1) is 29.8. The molecular formula is C55H33N5. The van der Waals surface area contributed by atoms with Gasteiger partial charge in [0, 0.05) is 54.5 Å². The van der Waals surface area contributed by atoms with Gasteiger partial charge in [0.15, 0.2) is 11.6 Å². The van der Waals surface area contributed by atoms with Gasteiger partial charge in [-0.15, -0.1) is 0 Å². The van der Waals surface area contributed by atoms with Crippen LogP contribution in [-0.2, 0) is 0 Å². The number of hydrogen-bond acceptors (Lipinski definition) is 3. The van der Waals surface area contributed by atoms with Crippen molar-refractivity contribution < 1.29 is 0 Å². The number of benzene rings is 10. The van der Waals surface area contributed by atoms with Crippen molar-refractivity contribution in [3.8, 4) is 34.4 Å². The molecule has 0 bridgehead atoms. The smallest absolute Gasteiger partial charge is 0.238 e. The van der Waals surface area contributed by atoms with Gasteiger partial charge in [-0.3, -0.25) is 4.57 Å². The summed E-state index contributed by atoms with van der Waals surface area (Å²) in [6.07, 6.45) is 0. The Kier molecular flexibility index (Phi) is 6.95. The second-order valence-electron chi connectivity index (χ2n) is 15.5. The molecule has 0 radical (unpaired) electrons. The lowest BCUT2D eigenvalue weighted by Crippen LogP contribution is -2.07. The first kappa shape index (κ1) is 32.9. The maximum absolute atomic E-state index is 5.48. The molecule has 0 amide bonds. The normalized spacial score (nSPS) is 12.0. The van der Waals surface area contributed by atoms with Gasteiger partial charge in [-0.05, 0) is 51.2 Å². The second-order valence-corrected chi connectivity index (χ2v) is 15.5. The Bertz CT molecular complexity index is 3880. The molecular weight excluding hydrogens is 731 g/mol. The minimum absolute atomic E-state index is 0.575. The van der Waals surface area contributed by atoms with Crippen molar-refractivity contribution >= 4 is 86.7 Å². The van der Waals surface area contributed by atoms with E-state index >= 15 is 0 Å². The summed E-state index contributed by atoms with van der Waals surface area (Å²) in [6, 6.07) is 71.3. The molecule has 60 heavy (non-hydrogen) atoms. The lowest BCUT2D eigenvalue weighted by atomic mass is 9.90. The third-order valence-electron chi connectivity index (χ3n) is 12.3. The maximum atomic E-state index is 5.48. The van der Waals surface area contributed by atoms with Crippen molar-refractivity contribution in [2.75, 3.05) is 0 Å². The number of rotatable bonds is 4. The van der Waals surface area contributed by atoms with Crippen molar-refractivity contribution in [1.29, 1.82) is 0 Å². The average molecular weight is 764 g/mol. The van der Waals surface area contributed by atoms with E-state index in [0.717, 1.165) is 44.0 Å². The lowest BCUT2D eigenvalue weighted by molar-refractivity contribution is 0.956. The Balaban J connectivity index is 1.28. The van der Waals surface area contributed by atoms with E-state index in [2.05, 4.69) is 191 Å². The zero-order valence-electron chi connectivity index (χ0n) is 32.3. The van der Waals surface area contributed by atoms with E-state index in [9.17, 15) is 0 Å². The van der Waals surface area contributed by atoms with E-state index < -0.39 is 0 Å². The summed E-state index contributed by atoms with van der Waals surface area (Å²) in [7, 11) is 0. The van der Waals surface area contributed by atoms with E-state index in [1.54, 1.807) is 0 Å². The van der Waals surface area contributed by atoms with Crippen molar-refractivity contribution in [3.05, 3.63) is 200 Å². The highest BCUT2D eigenvalue weighted by Gasteiger charge is 2.27. The molecule has 5 nitrogen and oxygen atoms in total. The Morgan fingerprint density at radius 2 is 0.800 bits per heavy atom. The minimum Gasteiger partial charge on any atom is -0.309 e. The standard InChI is InChI=1S/C55H33N5/c1-3-19-35(20-4-1)53-56-54(42-31-17-21-34-18-7-8-24-37(34)42)58-55(57-53)60-46-33-16-13-29-43(46)47-38-25-9-10-26-39(38)48-49(52(47)60)40-27-11-12-28-41(40)51-50(48)44-30-14-15-32-45(44)59(51)36-22-5-2-6-23-36/h1-33H. The Hall–Kier alpha value is -8.15. The molecule has 0 atom stereocenters. The van der Waals surface area contributed by atoms with E-state index in [-0.39, 0.29) is 0 Å². The third-order valence-corrected chi connectivity index (χ3v) is 12.3. The van der Waals surface area contributed by atoms with Crippen LogP contribution in [0.2, 0.25) is 0 Å². The van der Waals surface area contributed by atoms with Crippen molar-refractivity contribution in [2.24, 2.45) is 0 Å². The molecule has 0 fully saturated rings. The van der Waals surface area contributed by atoms with Crippen LogP contribution in [-0.4, -0.2) is 24.1 Å². The van der Waals surface area contributed by atoms with Crippen LogP contribution in [0.25, 0.3) is 121 Å². The molecule has 0 aliphatic heterocycles. The van der Waals surface area contributed by atoms with Crippen LogP contribution >= 0.6 is 0 Å². The summed E-state index contributed by atoms with van der Waals surface area (Å²) in [4.78, 5) is 16.1. The zero-order chi connectivity index (χ0) is 39.3. The Morgan fingerprint density at radius 1 is 0.300 bits per heavy atom. The highest BCUT2D eigenvalue weighted by Crippen LogP contribution is 2.50. The van der Waals surface area contributed by atoms with Crippen LogP contribution in [0.15, 0.2) is 200 Å². The summed E-state index contributed by atoms with van der Waals surface area (Å²) >= 11 is 0. The van der Waals surface area contributed by atoms with Gasteiger partial charge < -0.3 is 4.57 Å². The van der Waals surface area contributed by atoms with Gasteiger partial charge >= 0.3 is 0 Å². The number of hydrogen-bond donors (Lipinski definition) is 0. The highest BCUT2D eigenvalue weighted by atomic mass is 15.2. The highest BCUT2D eigenvalue weighted by molar-refractivity contribution is 6.44. The first-order valence-corrected chi connectivity index (χ1v) is 20.4. The number of nitrogens with zero attached hydrogens (tertiary/aromatic N) is 5. The van der Waals surface area contributed by atoms with Gasteiger partial charge in [-0.2, -0.15) is 9.97 Å². The van der Waals surface area contributed by atoms with Crippen LogP contribution in [0, 0.1) is 0 Å². The van der Waals surface area contributed by atoms with Crippen LogP contribution in [0.4, 0.5) is 0 Å². The van der Waals surface area contributed by atoms with E-state index in [1.807, 2.05) is 18.2 Å². The molecule has 5 heteroatoms.